The van der Waals surface area contributed by atoms with Crippen molar-refractivity contribution in [2.24, 2.45) is 5.73 Å². The van der Waals surface area contributed by atoms with Crippen LogP contribution in [0.15, 0.2) is 24.3 Å². The smallest absolute Gasteiger partial charge is 0.197 e. The number of aliphatic hydroxyl groups excluding tert-OH is 3. The highest BCUT2D eigenvalue weighted by molar-refractivity contribution is 5.30. The Hall–Kier alpha value is -1.42. The fourth-order valence-electron chi connectivity index (χ4n) is 1.78. The van der Waals surface area contributed by atoms with Gasteiger partial charge in [-0.1, -0.05) is 0 Å². The molecule has 23 heavy (non-hydrogen) atoms. The van der Waals surface area contributed by atoms with Gasteiger partial charge in [-0.3, -0.25) is 0 Å². The molecule has 132 valence electrons. The predicted molar refractivity (Wildman–Crippen MR) is 82.0 cm³/mol. The molecule has 0 amide bonds. The van der Waals surface area contributed by atoms with Crippen LogP contribution in [0.1, 0.15) is 6.92 Å². The summed E-state index contributed by atoms with van der Waals surface area (Å²) in [6.45, 7) is 1.01. The van der Waals surface area contributed by atoms with Crippen molar-refractivity contribution < 1.29 is 34.6 Å². The van der Waals surface area contributed by atoms with Crippen LogP contribution in [0.25, 0.3) is 0 Å². The Labute approximate surface area is 135 Å². The van der Waals surface area contributed by atoms with E-state index in [0.29, 0.717) is 5.75 Å². The van der Waals surface area contributed by atoms with E-state index in [0.717, 1.165) is 0 Å². The average Bonchev–Trinajstić information content (AvgIpc) is 2.54. The van der Waals surface area contributed by atoms with Crippen LogP contribution in [0.2, 0.25) is 0 Å². The molecule has 1 rings (SSSR count). The molecule has 0 fully saturated rings. The molecule has 0 saturated heterocycles. The number of aromatic hydroxyl groups is 1. The zero-order valence-corrected chi connectivity index (χ0v) is 13.0. The largest absolute Gasteiger partial charge is 0.508 e. The van der Waals surface area contributed by atoms with E-state index in [4.69, 9.17) is 19.9 Å². The minimum atomic E-state index is -1.04. The van der Waals surface area contributed by atoms with Gasteiger partial charge in [-0.15, -0.1) is 0 Å². The normalized spacial score (nSPS) is 16.6. The van der Waals surface area contributed by atoms with Crippen LogP contribution in [0.3, 0.4) is 0 Å². The molecule has 6 N–H and O–H groups in total. The summed E-state index contributed by atoms with van der Waals surface area (Å²) >= 11 is 0. The number of rotatable bonds is 11. The molecule has 0 aliphatic rings. The van der Waals surface area contributed by atoms with Crippen LogP contribution >= 0.6 is 0 Å². The lowest BCUT2D eigenvalue weighted by Crippen LogP contribution is -2.45. The van der Waals surface area contributed by atoms with E-state index in [1.54, 1.807) is 0 Å². The van der Waals surface area contributed by atoms with Gasteiger partial charge in [-0.2, -0.15) is 0 Å². The summed E-state index contributed by atoms with van der Waals surface area (Å²) < 4.78 is 16.5. The minimum Gasteiger partial charge on any atom is -0.508 e. The highest BCUT2D eigenvalue weighted by Crippen LogP contribution is 2.20. The highest BCUT2D eigenvalue weighted by atomic mass is 16.7. The number of aliphatic hydroxyl groups is 3. The maximum atomic E-state index is 9.56. The lowest BCUT2D eigenvalue weighted by Gasteiger charge is -2.30. The highest BCUT2D eigenvalue weighted by Gasteiger charge is 2.29. The molecular formula is C15H25NO7. The Morgan fingerprint density at radius 3 is 2.17 bits per heavy atom. The van der Waals surface area contributed by atoms with Gasteiger partial charge in [0.1, 0.15) is 17.6 Å². The van der Waals surface area contributed by atoms with Gasteiger partial charge >= 0.3 is 0 Å². The first-order valence-corrected chi connectivity index (χ1v) is 7.34. The molecule has 0 bridgehead atoms. The van der Waals surface area contributed by atoms with Crippen LogP contribution in [0, 0.1) is 0 Å². The first-order chi connectivity index (χ1) is 11.0. The molecule has 0 aliphatic carbocycles. The number of phenols is 1. The van der Waals surface area contributed by atoms with Crippen molar-refractivity contribution in [3.05, 3.63) is 24.3 Å². The van der Waals surface area contributed by atoms with Gasteiger partial charge in [0, 0.05) is 6.54 Å². The molecule has 0 spiro atoms. The first-order valence-electron chi connectivity index (χ1n) is 7.34. The molecule has 0 aliphatic heterocycles. The van der Waals surface area contributed by atoms with E-state index in [1.807, 2.05) is 0 Å². The third-order valence-electron chi connectivity index (χ3n) is 3.03. The fourth-order valence-corrected chi connectivity index (χ4v) is 1.78. The zero-order valence-electron chi connectivity index (χ0n) is 13.0. The van der Waals surface area contributed by atoms with Crippen molar-refractivity contribution >= 4 is 0 Å². The summed E-state index contributed by atoms with van der Waals surface area (Å²) in [6.07, 6.45) is -3.77. The van der Waals surface area contributed by atoms with E-state index in [9.17, 15) is 20.4 Å². The Kier molecular flexibility index (Phi) is 8.85. The van der Waals surface area contributed by atoms with Crippen molar-refractivity contribution in [2.75, 3.05) is 26.4 Å². The maximum Gasteiger partial charge on any atom is 0.197 e. The topological polar surface area (TPSA) is 135 Å². The second-order valence-corrected chi connectivity index (χ2v) is 4.96. The Bertz CT molecular complexity index is 426. The molecule has 3 unspecified atom stereocenters. The van der Waals surface area contributed by atoms with E-state index < -0.39 is 37.8 Å². The van der Waals surface area contributed by atoms with Crippen molar-refractivity contribution in [3.63, 3.8) is 0 Å². The monoisotopic (exact) mass is 331 g/mol. The molecule has 1 aromatic rings. The summed E-state index contributed by atoms with van der Waals surface area (Å²) in [6, 6.07) is 5.92. The van der Waals surface area contributed by atoms with Crippen molar-refractivity contribution in [2.45, 2.75) is 31.5 Å². The fraction of sp³-hybridized carbons (Fsp3) is 0.600. The van der Waals surface area contributed by atoms with Crippen LogP contribution in [0.5, 0.6) is 11.5 Å². The summed E-state index contributed by atoms with van der Waals surface area (Å²) in [4.78, 5) is 0. The second-order valence-electron chi connectivity index (χ2n) is 4.96. The quantitative estimate of drug-likeness (QED) is 0.332. The van der Waals surface area contributed by atoms with Gasteiger partial charge < -0.3 is 40.4 Å². The third-order valence-corrected chi connectivity index (χ3v) is 3.03. The van der Waals surface area contributed by atoms with E-state index in [2.05, 4.69) is 0 Å². The number of ether oxygens (including phenoxy) is 3. The number of benzene rings is 1. The lowest BCUT2D eigenvalue weighted by atomic mass is 10.2. The molecule has 1 aromatic carbocycles. The average molecular weight is 331 g/mol. The summed E-state index contributed by atoms with van der Waals surface area (Å²) in [5.41, 5.74) is 5.40. The minimum absolute atomic E-state index is 0.0829. The third kappa shape index (κ3) is 6.69. The molecular weight excluding hydrogens is 306 g/mol. The standard InChI is InChI=1S/C15H25NO7/c1-10(19)13(8-17)23-15(21-7-6-16)14(9-18)22-12-4-2-11(20)3-5-12/h2-5,10,13-15,17-20H,6-9,16H2,1H3/t10?,13?,14-,15?/m0/s1. The molecule has 8 nitrogen and oxygen atoms in total. The van der Waals surface area contributed by atoms with Crippen molar-refractivity contribution in [1.29, 1.82) is 0 Å². The number of phenolic OH excluding ortho intramolecular Hbond substituents is 1. The van der Waals surface area contributed by atoms with Crippen LogP contribution in [0.4, 0.5) is 0 Å². The number of hydrogen-bond donors (Lipinski definition) is 5. The summed E-state index contributed by atoms with van der Waals surface area (Å²) in [7, 11) is 0. The van der Waals surface area contributed by atoms with Gasteiger partial charge in [-0.25, -0.2) is 0 Å². The Morgan fingerprint density at radius 1 is 1.09 bits per heavy atom. The van der Waals surface area contributed by atoms with Gasteiger partial charge in [0.2, 0.25) is 0 Å². The molecule has 0 aromatic heterocycles. The van der Waals surface area contributed by atoms with Gasteiger partial charge in [0.15, 0.2) is 12.4 Å². The zero-order chi connectivity index (χ0) is 17.2. The second kappa shape index (κ2) is 10.4. The molecule has 0 heterocycles. The summed E-state index contributed by atoms with van der Waals surface area (Å²) in [5, 5.41) is 37.6. The molecule has 8 heteroatoms. The van der Waals surface area contributed by atoms with E-state index >= 15 is 0 Å². The van der Waals surface area contributed by atoms with Crippen LogP contribution < -0.4 is 10.5 Å². The molecule has 0 saturated carbocycles. The number of hydrogen-bond acceptors (Lipinski definition) is 8. The van der Waals surface area contributed by atoms with Crippen LogP contribution in [-0.4, -0.2) is 71.4 Å². The molecule has 0 radical (unpaired) electrons. The van der Waals surface area contributed by atoms with Crippen molar-refractivity contribution in [1.82, 2.24) is 0 Å². The SMILES string of the molecule is CC(O)C(CO)OC(OCCN)[C@H](CO)Oc1ccc(O)cc1. The predicted octanol–water partition coefficient (Wildman–Crippen LogP) is -0.808. The van der Waals surface area contributed by atoms with Gasteiger partial charge in [-0.05, 0) is 31.2 Å². The Morgan fingerprint density at radius 2 is 1.70 bits per heavy atom. The number of nitrogens with two attached hydrogens (primary N) is 1. The van der Waals surface area contributed by atoms with Gasteiger partial charge in [0.05, 0.1) is 25.9 Å². The van der Waals surface area contributed by atoms with Gasteiger partial charge in [0.25, 0.3) is 0 Å². The summed E-state index contributed by atoms with van der Waals surface area (Å²) in [5.74, 6) is 0.476. The van der Waals surface area contributed by atoms with Crippen molar-refractivity contribution in [3.8, 4) is 11.5 Å². The lowest BCUT2D eigenvalue weighted by molar-refractivity contribution is -0.234. The maximum absolute atomic E-state index is 9.56. The first kappa shape index (κ1) is 19.6. The molecule has 4 atom stereocenters. The van der Waals surface area contributed by atoms with E-state index in [1.165, 1.54) is 31.2 Å². The van der Waals surface area contributed by atoms with E-state index in [-0.39, 0.29) is 18.9 Å². The Balaban J connectivity index is 2.80. The van der Waals surface area contributed by atoms with Crippen LogP contribution in [-0.2, 0) is 9.47 Å².